The number of nitro benzene ring substituents is 1. The maximum atomic E-state index is 13.0. The Morgan fingerprint density at radius 2 is 1.89 bits per heavy atom. The molecule has 0 heterocycles. The molecule has 1 N–H and O–H groups in total. The first kappa shape index (κ1) is 18.3. The van der Waals surface area contributed by atoms with Gasteiger partial charge in [-0.25, -0.2) is 0 Å². The Hall–Kier alpha value is -2.11. The van der Waals surface area contributed by atoms with Crippen molar-refractivity contribution in [3.05, 3.63) is 33.9 Å². The Kier molecular flexibility index (Phi) is 4.02. The first-order valence-corrected chi connectivity index (χ1v) is 9.89. The topological polar surface area (TPSA) is 81.5 Å². The lowest BCUT2D eigenvalue weighted by Crippen LogP contribution is -2.65. The quantitative estimate of drug-likeness (QED) is 0.611. The number of hydrogen-bond donors (Lipinski definition) is 1. The highest BCUT2D eigenvalue weighted by Crippen LogP contribution is 2.66. The van der Waals surface area contributed by atoms with Crippen LogP contribution in [0.1, 0.15) is 69.7 Å². The summed E-state index contributed by atoms with van der Waals surface area (Å²) in [6, 6.07) is 4.49. The van der Waals surface area contributed by atoms with Crippen LogP contribution < -0.4 is 10.1 Å². The number of nitro groups is 1. The molecule has 0 aliphatic heterocycles. The lowest BCUT2D eigenvalue weighted by Gasteiger charge is -2.65. The molecule has 4 aliphatic carbocycles. The van der Waals surface area contributed by atoms with E-state index in [0.717, 1.165) is 19.3 Å². The first-order chi connectivity index (χ1) is 12.6. The van der Waals surface area contributed by atoms with Crippen molar-refractivity contribution >= 4 is 11.6 Å². The molecule has 6 heteroatoms. The van der Waals surface area contributed by atoms with Gasteiger partial charge in [-0.2, -0.15) is 0 Å². The van der Waals surface area contributed by atoms with Gasteiger partial charge in [-0.15, -0.1) is 0 Å². The van der Waals surface area contributed by atoms with Gasteiger partial charge >= 0.3 is 5.69 Å². The Balaban J connectivity index is 1.59. The summed E-state index contributed by atoms with van der Waals surface area (Å²) in [6.07, 6.45) is 6.81. The summed E-state index contributed by atoms with van der Waals surface area (Å²) in [6.45, 7) is 6.84. The summed E-state index contributed by atoms with van der Waals surface area (Å²) in [5.41, 5.74) is 0.594. The fraction of sp³-hybridized carbons (Fsp3) is 0.667. The lowest BCUT2D eigenvalue weighted by molar-refractivity contribution is -0.385. The van der Waals surface area contributed by atoms with Gasteiger partial charge in [-0.1, -0.05) is 13.8 Å². The van der Waals surface area contributed by atoms with Gasteiger partial charge in [0.05, 0.1) is 11.5 Å². The van der Waals surface area contributed by atoms with Crippen LogP contribution >= 0.6 is 0 Å². The maximum Gasteiger partial charge on any atom is 0.311 e. The minimum atomic E-state index is -0.491. The van der Waals surface area contributed by atoms with Gasteiger partial charge in [-0.3, -0.25) is 14.9 Å². The summed E-state index contributed by atoms with van der Waals surface area (Å²) in [5.74, 6) is 0.662. The zero-order valence-corrected chi connectivity index (χ0v) is 16.3. The molecule has 4 bridgehead atoms. The molecule has 4 saturated carbocycles. The molecule has 27 heavy (non-hydrogen) atoms. The molecular formula is C21H28N2O4. The second-order valence-electron chi connectivity index (χ2n) is 9.74. The Labute approximate surface area is 159 Å². The molecule has 4 aliphatic rings. The van der Waals surface area contributed by atoms with Crippen molar-refractivity contribution in [1.82, 2.24) is 5.32 Å². The van der Waals surface area contributed by atoms with Crippen LogP contribution in [-0.4, -0.2) is 23.0 Å². The zero-order valence-electron chi connectivity index (χ0n) is 16.3. The number of benzene rings is 1. The van der Waals surface area contributed by atoms with Gasteiger partial charge in [-0.05, 0) is 74.3 Å². The standard InChI is InChI=1S/C21H28N2O4/c1-4-27-17-6-5-15(7-16(17)23(25)26)18(24)22-21-10-14-8-19(2,12-21)11-20(3,9-14)13-21/h5-7,14H,4,8-13H2,1-3H3,(H,22,24)/t14?,19-,20+,21?. The third-order valence-corrected chi connectivity index (χ3v) is 6.72. The molecule has 1 amide bonds. The van der Waals surface area contributed by atoms with Crippen LogP contribution in [0.5, 0.6) is 5.75 Å². The van der Waals surface area contributed by atoms with Crippen molar-refractivity contribution in [2.24, 2.45) is 16.7 Å². The Morgan fingerprint density at radius 1 is 1.22 bits per heavy atom. The van der Waals surface area contributed by atoms with E-state index in [4.69, 9.17) is 4.74 Å². The van der Waals surface area contributed by atoms with Gasteiger partial charge in [0.1, 0.15) is 0 Å². The van der Waals surface area contributed by atoms with Crippen molar-refractivity contribution in [3.63, 3.8) is 0 Å². The summed E-state index contributed by atoms with van der Waals surface area (Å²) < 4.78 is 5.32. The normalized spacial score (nSPS) is 36.5. The van der Waals surface area contributed by atoms with Crippen LogP contribution in [0.25, 0.3) is 0 Å². The minimum Gasteiger partial charge on any atom is -0.487 e. The van der Waals surface area contributed by atoms with E-state index >= 15 is 0 Å². The van der Waals surface area contributed by atoms with Crippen molar-refractivity contribution < 1.29 is 14.5 Å². The molecule has 0 spiro atoms. The highest BCUT2D eigenvalue weighted by atomic mass is 16.6. The molecule has 0 radical (unpaired) electrons. The monoisotopic (exact) mass is 372 g/mol. The predicted octanol–water partition coefficient (Wildman–Crippen LogP) is 4.47. The average Bonchev–Trinajstić information content (AvgIpc) is 2.51. The number of amides is 1. The van der Waals surface area contributed by atoms with E-state index in [-0.39, 0.29) is 22.9 Å². The van der Waals surface area contributed by atoms with E-state index in [1.54, 1.807) is 13.0 Å². The molecular weight excluding hydrogens is 344 g/mol. The number of nitrogens with one attached hydrogen (secondary N) is 1. The average molecular weight is 372 g/mol. The van der Waals surface area contributed by atoms with Crippen LogP contribution in [0.2, 0.25) is 0 Å². The second-order valence-corrected chi connectivity index (χ2v) is 9.74. The molecule has 0 saturated heterocycles. The van der Waals surface area contributed by atoms with Crippen molar-refractivity contribution in [3.8, 4) is 5.75 Å². The molecule has 1 aromatic rings. The highest BCUT2D eigenvalue weighted by Gasteiger charge is 2.60. The molecule has 0 aromatic heterocycles. The summed E-state index contributed by atoms with van der Waals surface area (Å²) >= 11 is 0. The Bertz CT molecular complexity index is 787. The minimum absolute atomic E-state index is 0.158. The highest BCUT2D eigenvalue weighted by molar-refractivity contribution is 5.95. The van der Waals surface area contributed by atoms with Crippen LogP contribution in [0.15, 0.2) is 18.2 Å². The van der Waals surface area contributed by atoms with Gasteiger partial charge in [0, 0.05) is 17.2 Å². The molecule has 5 rings (SSSR count). The van der Waals surface area contributed by atoms with Crippen LogP contribution in [0, 0.1) is 26.9 Å². The van der Waals surface area contributed by atoms with Gasteiger partial charge in [0.15, 0.2) is 5.75 Å². The fourth-order valence-electron chi connectivity index (χ4n) is 6.98. The molecule has 4 atom stereocenters. The molecule has 146 valence electrons. The van der Waals surface area contributed by atoms with Crippen LogP contribution in [-0.2, 0) is 0 Å². The third kappa shape index (κ3) is 3.19. The van der Waals surface area contributed by atoms with Gasteiger partial charge in [0.2, 0.25) is 0 Å². The van der Waals surface area contributed by atoms with E-state index < -0.39 is 4.92 Å². The molecule has 1 aromatic carbocycles. The van der Waals surface area contributed by atoms with E-state index in [9.17, 15) is 14.9 Å². The smallest absolute Gasteiger partial charge is 0.311 e. The largest absolute Gasteiger partial charge is 0.487 e. The number of hydrogen-bond acceptors (Lipinski definition) is 4. The van der Waals surface area contributed by atoms with Crippen LogP contribution in [0.3, 0.4) is 0 Å². The predicted molar refractivity (Wildman–Crippen MR) is 102 cm³/mol. The lowest BCUT2D eigenvalue weighted by atomic mass is 9.43. The summed E-state index contributed by atoms with van der Waals surface area (Å²) in [5, 5.41) is 14.7. The SMILES string of the molecule is CCOc1ccc(C(=O)NC23CC4C[C@@](C)(C2)C[C@](C)(C4)C3)cc1[N+](=O)[O-]. The number of carbonyl (C=O) groups excluding carboxylic acids is 1. The zero-order chi connectivity index (χ0) is 19.4. The van der Waals surface area contributed by atoms with Crippen LogP contribution in [0.4, 0.5) is 5.69 Å². The molecule has 2 unspecified atom stereocenters. The number of ether oxygens (including phenoxy) is 1. The molecule has 4 fully saturated rings. The summed E-state index contributed by atoms with van der Waals surface area (Å²) in [7, 11) is 0. The van der Waals surface area contributed by atoms with Gasteiger partial charge in [0.25, 0.3) is 5.91 Å². The summed E-state index contributed by atoms with van der Waals surface area (Å²) in [4.78, 5) is 23.9. The van der Waals surface area contributed by atoms with Gasteiger partial charge < -0.3 is 10.1 Å². The second kappa shape index (κ2) is 5.94. The van der Waals surface area contributed by atoms with E-state index in [1.807, 2.05) is 0 Å². The maximum absolute atomic E-state index is 13.0. The number of carbonyl (C=O) groups is 1. The molecule has 6 nitrogen and oxygen atoms in total. The fourth-order valence-corrected chi connectivity index (χ4v) is 6.98. The third-order valence-electron chi connectivity index (χ3n) is 6.72. The van der Waals surface area contributed by atoms with E-state index in [2.05, 4.69) is 19.2 Å². The van der Waals surface area contributed by atoms with Crippen molar-refractivity contribution in [2.45, 2.75) is 64.8 Å². The van der Waals surface area contributed by atoms with E-state index in [0.29, 0.717) is 28.9 Å². The number of rotatable bonds is 5. The van der Waals surface area contributed by atoms with Crippen molar-refractivity contribution in [2.75, 3.05) is 6.61 Å². The number of nitrogens with zero attached hydrogens (tertiary/aromatic N) is 1. The van der Waals surface area contributed by atoms with E-state index in [1.165, 1.54) is 31.4 Å². The first-order valence-electron chi connectivity index (χ1n) is 9.89. The van der Waals surface area contributed by atoms with Crippen molar-refractivity contribution in [1.29, 1.82) is 0 Å². The Morgan fingerprint density at radius 3 is 2.44 bits per heavy atom.